The fourth-order valence-electron chi connectivity index (χ4n) is 5.84. The molecule has 180 valence electrons. The number of benzene rings is 1. The van der Waals surface area contributed by atoms with E-state index in [1.165, 1.54) is 0 Å². The van der Waals surface area contributed by atoms with Crippen LogP contribution in [0, 0.1) is 0 Å². The zero-order valence-electron chi connectivity index (χ0n) is 19.0. The summed E-state index contributed by atoms with van der Waals surface area (Å²) in [6.45, 7) is 3.18. The van der Waals surface area contributed by atoms with Gasteiger partial charge in [0.05, 0.1) is 35.9 Å². The van der Waals surface area contributed by atoms with E-state index in [2.05, 4.69) is 26.9 Å². The Morgan fingerprint density at radius 3 is 2.71 bits per heavy atom. The summed E-state index contributed by atoms with van der Waals surface area (Å²) < 4.78 is 6.40. The molecule has 7 rings (SSSR count). The summed E-state index contributed by atoms with van der Waals surface area (Å²) in [6.07, 6.45) is 7.56. The molecular weight excluding hydrogens is 438 g/mol. The van der Waals surface area contributed by atoms with Gasteiger partial charge >= 0.3 is 0 Å². The van der Waals surface area contributed by atoms with Crippen molar-refractivity contribution in [2.24, 2.45) is 10.7 Å². The highest BCUT2D eigenvalue weighted by molar-refractivity contribution is 6.11. The van der Waals surface area contributed by atoms with Crippen LogP contribution in [0.3, 0.4) is 0 Å². The first-order valence-corrected chi connectivity index (χ1v) is 12.1. The molecule has 1 saturated heterocycles. The Balaban J connectivity index is 0.00000229. The van der Waals surface area contributed by atoms with Crippen LogP contribution in [0.2, 0.25) is 0 Å². The maximum absolute atomic E-state index is 6.64. The fraction of sp³-hybridized carbons (Fsp3) is 0.407. The standard InChI is InChI=1S/C26H27N7O.CH4/c27-24-17-5-1-2-8-21(17)34-26(24)9-13-32(14-10-26)22-16-29-23-19(31-22)15-30-25(23)33-12-4-6-18-20(33)7-3-11-28-18;/h1-3,5,7-8,11,16,24H,4,6,9-10,12-15,27H2;1H4/t24-;/m0./s1. The van der Waals surface area contributed by atoms with Crippen molar-refractivity contribution in [1.29, 1.82) is 0 Å². The molecule has 1 aromatic carbocycles. The van der Waals surface area contributed by atoms with Crippen LogP contribution >= 0.6 is 0 Å². The van der Waals surface area contributed by atoms with Gasteiger partial charge in [-0.2, -0.15) is 0 Å². The van der Waals surface area contributed by atoms with E-state index in [-0.39, 0.29) is 19.1 Å². The Morgan fingerprint density at radius 1 is 1.00 bits per heavy atom. The number of aryl methyl sites for hydroxylation is 1. The van der Waals surface area contributed by atoms with Gasteiger partial charge < -0.3 is 20.3 Å². The van der Waals surface area contributed by atoms with Crippen LogP contribution in [0.4, 0.5) is 11.5 Å². The van der Waals surface area contributed by atoms with Gasteiger partial charge in [0, 0.05) is 44.2 Å². The van der Waals surface area contributed by atoms with E-state index >= 15 is 0 Å². The summed E-state index contributed by atoms with van der Waals surface area (Å²) >= 11 is 0. The molecule has 2 N–H and O–H groups in total. The average Bonchev–Trinajstić information content (AvgIpc) is 3.43. The number of aromatic nitrogens is 3. The molecule has 4 aliphatic rings. The zero-order valence-corrected chi connectivity index (χ0v) is 19.0. The zero-order chi connectivity index (χ0) is 22.7. The second-order valence-electron chi connectivity index (χ2n) is 9.56. The van der Waals surface area contributed by atoms with E-state index in [4.69, 9.17) is 25.4 Å². The van der Waals surface area contributed by atoms with E-state index < -0.39 is 0 Å². The Hall–Kier alpha value is -3.52. The molecule has 8 heteroatoms. The third-order valence-corrected chi connectivity index (χ3v) is 7.70. The Bertz CT molecular complexity index is 1300. The minimum atomic E-state index is -0.323. The van der Waals surface area contributed by atoms with Crippen LogP contribution in [0.1, 0.15) is 55.4 Å². The van der Waals surface area contributed by atoms with Gasteiger partial charge in [-0.05, 0) is 31.0 Å². The lowest BCUT2D eigenvalue weighted by molar-refractivity contribution is 0.0431. The molecular formula is C27H31N7O. The van der Waals surface area contributed by atoms with E-state index in [1.54, 1.807) is 0 Å². The third-order valence-electron chi connectivity index (χ3n) is 7.70. The number of para-hydroxylation sites is 1. The number of anilines is 2. The Kier molecular flexibility index (Phi) is 5.21. The first-order chi connectivity index (χ1) is 16.7. The second kappa shape index (κ2) is 8.30. The molecule has 1 fully saturated rings. The Labute approximate surface area is 205 Å². The van der Waals surface area contributed by atoms with Gasteiger partial charge in [-0.15, -0.1) is 0 Å². The van der Waals surface area contributed by atoms with Gasteiger partial charge in [0.2, 0.25) is 0 Å². The lowest BCUT2D eigenvalue weighted by Gasteiger charge is -2.41. The van der Waals surface area contributed by atoms with Crippen LogP contribution in [-0.2, 0) is 13.0 Å². The maximum atomic E-state index is 6.64. The highest BCUT2D eigenvalue weighted by Gasteiger charge is 2.48. The molecule has 0 saturated carbocycles. The van der Waals surface area contributed by atoms with Gasteiger partial charge in [-0.3, -0.25) is 9.98 Å². The summed E-state index contributed by atoms with van der Waals surface area (Å²) in [5.41, 5.74) is 11.5. The van der Waals surface area contributed by atoms with Crippen molar-refractivity contribution in [2.45, 2.75) is 51.3 Å². The fourth-order valence-corrected chi connectivity index (χ4v) is 5.84. The molecule has 0 aliphatic carbocycles. The lowest BCUT2D eigenvalue weighted by Crippen LogP contribution is -2.51. The first-order valence-electron chi connectivity index (χ1n) is 12.1. The number of hydrogen-bond donors (Lipinski definition) is 1. The van der Waals surface area contributed by atoms with Crippen molar-refractivity contribution in [3.8, 4) is 5.75 Å². The predicted molar refractivity (Wildman–Crippen MR) is 137 cm³/mol. The van der Waals surface area contributed by atoms with Gasteiger partial charge in [-0.1, -0.05) is 25.6 Å². The maximum Gasteiger partial charge on any atom is 0.156 e. The second-order valence-corrected chi connectivity index (χ2v) is 9.56. The number of piperidine rings is 1. The minimum absolute atomic E-state index is 0. The van der Waals surface area contributed by atoms with Crippen LogP contribution in [0.15, 0.2) is 53.8 Å². The third kappa shape index (κ3) is 3.38. The molecule has 4 aliphatic heterocycles. The lowest BCUT2D eigenvalue weighted by atomic mass is 9.83. The number of ether oxygens (including phenoxy) is 1. The van der Waals surface area contributed by atoms with Crippen LogP contribution in [-0.4, -0.2) is 46.0 Å². The van der Waals surface area contributed by atoms with E-state index in [9.17, 15) is 0 Å². The molecule has 0 amide bonds. The molecule has 0 bridgehead atoms. The van der Waals surface area contributed by atoms with Crippen molar-refractivity contribution in [1.82, 2.24) is 15.0 Å². The molecule has 6 heterocycles. The van der Waals surface area contributed by atoms with Crippen molar-refractivity contribution in [3.63, 3.8) is 0 Å². The SMILES string of the molecule is C.N[C@H]1c2ccccc2OC12CCN(c1cnc3c(n1)CN=C3N1CCCc3ncccc31)CC2. The molecule has 8 nitrogen and oxygen atoms in total. The average molecular weight is 470 g/mol. The number of fused-ring (bicyclic) bond motifs is 3. The molecule has 35 heavy (non-hydrogen) atoms. The summed E-state index contributed by atoms with van der Waals surface area (Å²) in [4.78, 5) is 23.8. The normalized spacial score (nSPS) is 21.5. The summed E-state index contributed by atoms with van der Waals surface area (Å²) in [5, 5.41) is 0. The van der Waals surface area contributed by atoms with Gasteiger partial charge in [0.25, 0.3) is 0 Å². The van der Waals surface area contributed by atoms with Crippen LogP contribution < -0.4 is 20.3 Å². The number of nitrogens with zero attached hydrogens (tertiary/aromatic N) is 6. The van der Waals surface area contributed by atoms with Crippen molar-refractivity contribution in [3.05, 3.63) is 71.4 Å². The monoisotopic (exact) mass is 469 g/mol. The largest absolute Gasteiger partial charge is 0.485 e. The molecule has 0 radical (unpaired) electrons. The number of aliphatic imine (C=N–C) groups is 1. The quantitative estimate of drug-likeness (QED) is 0.581. The molecule has 2 aromatic heterocycles. The molecule has 0 unspecified atom stereocenters. The smallest absolute Gasteiger partial charge is 0.156 e. The summed E-state index contributed by atoms with van der Waals surface area (Å²) in [6, 6.07) is 12.2. The van der Waals surface area contributed by atoms with E-state index in [0.29, 0.717) is 6.54 Å². The number of hydrogen-bond acceptors (Lipinski definition) is 8. The van der Waals surface area contributed by atoms with Crippen molar-refractivity contribution < 1.29 is 4.74 Å². The van der Waals surface area contributed by atoms with Crippen molar-refractivity contribution in [2.75, 3.05) is 29.4 Å². The molecule has 1 atom stereocenters. The number of amidine groups is 1. The minimum Gasteiger partial charge on any atom is -0.485 e. The van der Waals surface area contributed by atoms with Gasteiger partial charge in [-0.25, -0.2) is 9.97 Å². The highest BCUT2D eigenvalue weighted by atomic mass is 16.5. The van der Waals surface area contributed by atoms with Crippen molar-refractivity contribution >= 4 is 17.3 Å². The molecule has 1 spiro atoms. The number of nitrogens with two attached hydrogens (primary N) is 1. The van der Waals surface area contributed by atoms with E-state index in [0.717, 1.165) is 91.1 Å². The molecule has 3 aromatic rings. The summed E-state index contributed by atoms with van der Waals surface area (Å²) in [7, 11) is 0. The van der Waals surface area contributed by atoms with Gasteiger partial charge in [0.15, 0.2) is 5.84 Å². The van der Waals surface area contributed by atoms with E-state index in [1.807, 2.05) is 36.7 Å². The van der Waals surface area contributed by atoms with Crippen LogP contribution in [0.5, 0.6) is 5.75 Å². The summed E-state index contributed by atoms with van der Waals surface area (Å²) in [5.74, 6) is 2.76. The predicted octanol–water partition coefficient (Wildman–Crippen LogP) is 3.65. The first kappa shape index (κ1) is 22.0. The highest BCUT2D eigenvalue weighted by Crippen LogP contribution is 2.47. The number of pyridine rings is 1. The number of rotatable bonds is 1. The van der Waals surface area contributed by atoms with Gasteiger partial charge in [0.1, 0.15) is 22.9 Å². The Morgan fingerprint density at radius 2 is 1.86 bits per heavy atom. The van der Waals surface area contributed by atoms with Crippen LogP contribution in [0.25, 0.3) is 0 Å². The topological polar surface area (TPSA) is 92.8 Å².